The number of hydrogen-bond donors (Lipinski definition) is 3. The largest absolute Gasteiger partial charge is 0.384 e. The first-order valence-corrected chi connectivity index (χ1v) is 5.24. The van der Waals surface area contributed by atoms with Gasteiger partial charge in [-0.1, -0.05) is 6.07 Å². The van der Waals surface area contributed by atoms with Crippen LogP contribution in [0.2, 0.25) is 0 Å². The summed E-state index contributed by atoms with van der Waals surface area (Å²) < 4.78 is 0. The third kappa shape index (κ3) is 3.04. The highest BCUT2D eigenvalue weighted by molar-refractivity contribution is 5.92. The van der Waals surface area contributed by atoms with Gasteiger partial charge in [0, 0.05) is 25.4 Å². The molecule has 0 bridgehead atoms. The Balaban J connectivity index is 1.85. The molecule has 2 aromatic heterocycles. The number of aromatic amines is 1. The van der Waals surface area contributed by atoms with Gasteiger partial charge in [-0.05, 0) is 12.1 Å². The molecule has 2 heterocycles. The molecule has 0 radical (unpaired) electrons. The molecule has 6 nitrogen and oxygen atoms in total. The van der Waals surface area contributed by atoms with E-state index in [1.807, 2.05) is 0 Å². The summed E-state index contributed by atoms with van der Waals surface area (Å²) in [5.74, 6) is 0.943. The second-order valence-electron chi connectivity index (χ2n) is 3.49. The summed E-state index contributed by atoms with van der Waals surface area (Å²) >= 11 is 0. The number of amides is 1. The molecule has 0 aromatic carbocycles. The topological polar surface area (TPSA) is 96.7 Å². The predicted molar refractivity (Wildman–Crippen MR) is 63.3 cm³/mol. The summed E-state index contributed by atoms with van der Waals surface area (Å²) in [4.78, 5) is 22.6. The fraction of sp³-hybridized carbons (Fsp3) is 0.182. The van der Waals surface area contributed by atoms with Crippen molar-refractivity contribution < 1.29 is 4.79 Å². The maximum Gasteiger partial charge on any atom is 0.269 e. The second kappa shape index (κ2) is 5.11. The molecule has 2 aromatic rings. The SMILES string of the molecule is Nc1cccc(C(=O)NCCc2ncc[nH]2)n1. The zero-order valence-corrected chi connectivity index (χ0v) is 9.18. The number of rotatable bonds is 4. The quantitative estimate of drug-likeness (QED) is 0.707. The van der Waals surface area contributed by atoms with Crippen molar-refractivity contribution in [3.05, 3.63) is 42.1 Å². The number of carbonyl (C=O) groups excluding carboxylic acids is 1. The van der Waals surface area contributed by atoms with Crippen molar-refractivity contribution in [1.82, 2.24) is 20.3 Å². The number of anilines is 1. The molecule has 1 amide bonds. The Morgan fingerprint density at radius 1 is 1.47 bits per heavy atom. The van der Waals surface area contributed by atoms with Gasteiger partial charge < -0.3 is 16.0 Å². The average Bonchev–Trinajstić information content (AvgIpc) is 2.82. The number of nitrogens with two attached hydrogens (primary N) is 1. The van der Waals surface area contributed by atoms with E-state index in [9.17, 15) is 4.79 Å². The minimum Gasteiger partial charge on any atom is -0.384 e. The van der Waals surface area contributed by atoms with Crippen molar-refractivity contribution in [2.24, 2.45) is 0 Å². The van der Waals surface area contributed by atoms with E-state index < -0.39 is 0 Å². The molecule has 0 aliphatic carbocycles. The number of nitrogens with one attached hydrogen (secondary N) is 2. The van der Waals surface area contributed by atoms with Crippen LogP contribution in [0.25, 0.3) is 0 Å². The first-order valence-electron chi connectivity index (χ1n) is 5.24. The van der Waals surface area contributed by atoms with Crippen LogP contribution in [0.5, 0.6) is 0 Å². The van der Waals surface area contributed by atoms with Gasteiger partial charge in [0.15, 0.2) is 0 Å². The van der Waals surface area contributed by atoms with E-state index in [1.165, 1.54) is 0 Å². The van der Waals surface area contributed by atoms with Crippen LogP contribution in [0.1, 0.15) is 16.3 Å². The molecular weight excluding hydrogens is 218 g/mol. The van der Waals surface area contributed by atoms with Crippen LogP contribution < -0.4 is 11.1 Å². The third-order valence-electron chi connectivity index (χ3n) is 2.21. The fourth-order valence-corrected chi connectivity index (χ4v) is 1.40. The molecule has 6 heteroatoms. The predicted octanol–water partition coefficient (Wildman–Crippen LogP) is 0.359. The lowest BCUT2D eigenvalue weighted by atomic mass is 10.3. The van der Waals surface area contributed by atoms with E-state index in [0.29, 0.717) is 24.5 Å². The fourth-order valence-electron chi connectivity index (χ4n) is 1.40. The molecule has 2 rings (SSSR count). The number of nitrogen functional groups attached to an aromatic ring is 1. The van der Waals surface area contributed by atoms with Crippen LogP contribution in [0, 0.1) is 0 Å². The normalized spacial score (nSPS) is 10.1. The molecule has 0 saturated heterocycles. The molecule has 0 unspecified atom stereocenters. The van der Waals surface area contributed by atoms with Crippen LogP contribution in [0.4, 0.5) is 5.82 Å². The Morgan fingerprint density at radius 3 is 3.06 bits per heavy atom. The summed E-state index contributed by atoms with van der Waals surface area (Å²) in [5, 5.41) is 2.75. The number of carbonyl (C=O) groups is 1. The van der Waals surface area contributed by atoms with Gasteiger partial charge in [-0.25, -0.2) is 9.97 Å². The second-order valence-corrected chi connectivity index (χ2v) is 3.49. The summed E-state index contributed by atoms with van der Waals surface area (Å²) in [7, 11) is 0. The molecule has 0 aliphatic heterocycles. The molecule has 4 N–H and O–H groups in total. The number of pyridine rings is 1. The number of H-pyrrole nitrogens is 1. The zero-order valence-electron chi connectivity index (χ0n) is 9.18. The van der Waals surface area contributed by atoms with E-state index >= 15 is 0 Å². The Labute approximate surface area is 98.3 Å². The van der Waals surface area contributed by atoms with E-state index in [-0.39, 0.29) is 5.91 Å². The maximum absolute atomic E-state index is 11.7. The maximum atomic E-state index is 11.7. The molecule has 0 atom stereocenters. The Morgan fingerprint density at radius 2 is 2.35 bits per heavy atom. The summed E-state index contributed by atoms with van der Waals surface area (Å²) in [6.45, 7) is 0.503. The Hall–Kier alpha value is -2.37. The van der Waals surface area contributed by atoms with Gasteiger partial charge in [-0.2, -0.15) is 0 Å². The lowest BCUT2D eigenvalue weighted by molar-refractivity contribution is 0.0949. The average molecular weight is 231 g/mol. The van der Waals surface area contributed by atoms with Crippen molar-refractivity contribution in [1.29, 1.82) is 0 Å². The van der Waals surface area contributed by atoms with Crippen LogP contribution in [0.15, 0.2) is 30.6 Å². The van der Waals surface area contributed by atoms with Crippen LogP contribution in [-0.2, 0) is 6.42 Å². The Bertz CT molecular complexity index is 494. The third-order valence-corrected chi connectivity index (χ3v) is 2.21. The molecule has 0 fully saturated rings. The molecule has 0 spiro atoms. The molecular formula is C11H13N5O. The smallest absolute Gasteiger partial charge is 0.269 e. The van der Waals surface area contributed by atoms with Crippen molar-refractivity contribution in [3.8, 4) is 0 Å². The molecule has 17 heavy (non-hydrogen) atoms. The van der Waals surface area contributed by atoms with Crippen molar-refractivity contribution in [3.63, 3.8) is 0 Å². The summed E-state index contributed by atoms with van der Waals surface area (Å²) in [6, 6.07) is 4.96. The Kier molecular flexibility index (Phi) is 3.34. The summed E-state index contributed by atoms with van der Waals surface area (Å²) in [5.41, 5.74) is 5.82. The molecule has 0 aliphatic rings. The van der Waals surface area contributed by atoms with Crippen molar-refractivity contribution in [2.45, 2.75) is 6.42 Å². The first kappa shape index (κ1) is 11.1. The van der Waals surface area contributed by atoms with Gasteiger partial charge in [0.1, 0.15) is 17.3 Å². The zero-order chi connectivity index (χ0) is 12.1. The number of aromatic nitrogens is 3. The lowest BCUT2D eigenvalue weighted by Gasteiger charge is -2.03. The molecule has 88 valence electrons. The minimum absolute atomic E-state index is 0.233. The first-order chi connectivity index (χ1) is 8.25. The highest BCUT2D eigenvalue weighted by atomic mass is 16.1. The van der Waals surface area contributed by atoms with E-state index in [2.05, 4.69) is 20.3 Å². The highest BCUT2D eigenvalue weighted by Crippen LogP contribution is 2.00. The number of nitrogens with zero attached hydrogens (tertiary/aromatic N) is 2. The standard InChI is InChI=1S/C11H13N5O/c12-9-3-1-2-8(16-9)11(17)15-5-4-10-13-6-7-14-10/h1-3,6-7H,4-5H2,(H2,12,16)(H,13,14)(H,15,17). The van der Waals surface area contributed by atoms with E-state index in [1.54, 1.807) is 30.6 Å². The van der Waals surface area contributed by atoms with Crippen LogP contribution >= 0.6 is 0 Å². The van der Waals surface area contributed by atoms with Gasteiger partial charge >= 0.3 is 0 Å². The number of imidazole rings is 1. The van der Waals surface area contributed by atoms with Gasteiger partial charge in [-0.3, -0.25) is 4.79 Å². The van der Waals surface area contributed by atoms with Gasteiger partial charge in [-0.15, -0.1) is 0 Å². The van der Waals surface area contributed by atoms with Gasteiger partial charge in [0.05, 0.1) is 0 Å². The van der Waals surface area contributed by atoms with E-state index in [0.717, 1.165) is 5.82 Å². The molecule has 0 saturated carbocycles. The van der Waals surface area contributed by atoms with Crippen molar-refractivity contribution >= 4 is 11.7 Å². The van der Waals surface area contributed by atoms with Gasteiger partial charge in [0.2, 0.25) is 0 Å². The lowest BCUT2D eigenvalue weighted by Crippen LogP contribution is -2.26. The monoisotopic (exact) mass is 231 g/mol. The highest BCUT2D eigenvalue weighted by Gasteiger charge is 2.06. The number of hydrogen-bond acceptors (Lipinski definition) is 4. The van der Waals surface area contributed by atoms with Crippen molar-refractivity contribution in [2.75, 3.05) is 12.3 Å². The summed E-state index contributed by atoms with van der Waals surface area (Å²) in [6.07, 6.45) is 4.08. The van der Waals surface area contributed by atoms with Crippen LogP contribution in [0.3, 0.4) is 0 Å². The minimum atomic E-state index is -0.233. The van der Waals surface area contributed by atoms with Crippen LogP contribution in [-0.4, -0.2) is 27.4 Å². The van der Waals surface area contributed by atoms with E-state index in [4.69, 9.17) is 5.73 Å². The van der Waals surface area contributed by atoms with Gasteiger partial charge in [0.25, 0.3) is 5.91 Å².